The molecule has 106 valence electrons. The summed E-state index contributed by atoms with van der Waals surface area (Å²) in [5.41, 5.74) is 1.81. The van der Waals surface area contributed by atoms with Crippen molar-refractivity contribution in [2.45, 2.75) is 23.4 Å². The number of hydrogen-bond donors (Lipinski definition) is 1. The van der Waals surface area contributed by atoms with E-state index in [1.165, 1.54) is 16.9 Å². The van der Waals surface area contributed by atoms with Gasteiger partial charge >= 0.3 is 5.97 Å². The summed E-state index contributed by atoms with van der Waals surface area (Å²) < 4.78 is 6.29. The molecule has 1 aromatic carbocycles. The van der Waals surface area contributed by atoms with Gasteiger partial charge in [-0.2, -0.15) is 0 Å². The molecule has 0 aliphatic carbocycles. The summed E-state index contributed by atoms with van der Waals surface area (Å²) in [7, 11) is 0. The van der Waals surface area contributed by atoms with Gasteiger partial charge in [-0.1, -0.05) is 23.9 Å². The standard InChI is InChI=1S/C14H15NO3S2/c1-2-18-12-5-3-10(4-6-12)8-19-14-15-11(9-20-14)7-13(16)17/h3-6,9H,2,7-8H2,1H3,(H,16,17). The molecule has 0 saturated heterocycles. The number of aliphatic carboxylic acids is 1. The van der Waals surface area contributed by atoms with Crippen molar-refractivity contribution in [3.05, 3.63) is 40.9 Å². The smallest absolute Gasteiger partial charge is 0.309 e. The first kappa shape index (κ1) is 14.9. The molecule has 1 aromatic heterocycles. The Labute approximate surface area is 125 Å². The fourth-order valence-corrected chi connectivity index (χ4v) is 3.38. The highest BCUT2D eigenvalue weighted by molar-refractivity contribution is 8.00. The Kier molecular flexibility index (Phi) is 5.43. The highest BCUT2D eigenvalue weighted by Crippen LogP contribution is 2.27. The highest BCUT2D eigenvalue weighted by Gasteiger charge is 2.06. The van der Waals surface area contributed by atoms with Crippen molar-refractivity contribution in [3.63, 3.8) is 0 Å². The second-order valence-corrected chi connectivity index (χ2v) is 6.12. The lowest BCUT2D eigenvalue weighted by Gasteiger charge is -2.04. The average molecular weight is 309 g/mol. The van der Waals surface area contributed by atoms with E-state index in [0.717, 1.165) is 15.8 Å². The van der Waals surface area contributed by atoms with Gasteiger partial charge in [-0.25, -0.2) is 4.98 Å². The molecule has 0 bridgehead atoms. The van der Waals surface area contributed by atoms with Crippen LogP contribution >= 0.6 is 23.1 Å². The van der Waals surface area contributed by atoms with Gasteiger partial charge in [0.2, 0.25) is 0 Å². The number of carboxylic acid groups (broad SMARTS) is 1. The Morgan fingerprint density at radius 2 is 2.15 bits per heavy atom. The number of thioether (sulfide) groups is 1. The molecule has 0 saturated carbocycles. The lowest BCUT2D eigenvalue weighted by Crippen LogP contribution is -1.99. The molecule has 6 heteroatoms. The number of carbonyl (C=O) groups is 1. The first-order valence-electron chi connectivity index (χ1n) is 6.18. The molecule has 0 aliphatic heterocycles. The number of aromatic nitrogens is 1. The summed E-state index contributed by atoms with van der Waals surface area (Å²) >= 11 is 3.10. The number of carboxylic acids is 1. The molecule has 2 aromatic rings. The van der Waals surface area contributed by atoms with E-state index in [4.69, 9.17) is 9.84 Å². The largest absolute Gasteiger partial charge is 0.494 e. The fraction of sp³-hybridized carbons (Fsp3) is 0.286. The van der Waals surface area contributed by atoms with Crippen LogP contribution in [0, 0.1) is 0 Å². The van der Waals surface area contributed by atoms with Crippen LogP contribution in [0.5, 0.6) is 5.75 Å². The summed E-state index contributed by atoms with van der Waals surface area (Å²) in [5.74, 6) is 0.837. The summed E-state index contributed by atoms with van der Waals surface area (Å²) in [5, 5.41) is 10.5. The molecule has 1 heterocycles. The van der Waals surface area contributed by atoms with Crippen LogP contribution in [0.15, 0.2) is 34.0 Å². The maximum Gasteiger partial charge on any atom is 0.309 e. The van der Waals surface area contributed by atoms with Crippen molar-refractivity contribution in [1.82, 2.24) is 4.98 Å². The van der Waals surface area contributed by atoms with E-state index in [-0.39, 0.29) is 6.42 Å². The molecular formula is C14H15NO3S2. The van der Waals surface area contributed by atoms with Crippen molar-refractivity contribution < 1.29 is 14.6 Å². The Balaban J connectivity index is 1.88. The maximum absolute atomic E-state index is 10.6. The van der Waals surface area contributed by atoms with E-state index in [2.05, 4.69) is 4.98 Å². The van der Waals surface area contributed by atoms with Crippen LogP contribution in [-0.4, -0.2) is 22.7 Å². The van der Waals surface area contributed by atoms with Crippen molar-refractivity contribution in [1.29, 1.82) is 0 Å². The SMILES string of the molecule is CCOc1ccc(CSc2nc(CC(=O)O)cs2)cc1. The normalized spacial score (nSPS) is 10.4. The maximum atomic E-state index is 10.6. The molecule has 0 radical (unpaired) electrons. The van der Waals surface area contributed by atoms with E-state index in [9.17, 15) is 4.79 Å². The van der Waals surface area contributed by atoms with Gasteiger partial charge in [0.1, 0.15) is 10.1 Å². The molecule has 0 aliphatic rings. The number of nitrogens with zero attached hydrogens (tertiary/aromatic N) is 1. The van der Waals surface area contributed by atoms with Crippen molar-refractivity contribution >= 4 is 29.1 Å². The zero-order valence-electron chi connectivity index (χ0n) is 11.0. The van der Waals surface area contributed by atoms with Gasteiger partial charge in [-0.05, 0) is 24.6 Å². The van der Waals surface area contributed by atoms with Crippen molar-refractivity contribution in [3.8, 4) is 5.75 Å². The quantitative estimate of drug-likeness (QED) is 0.794. The highest BCUT2D eigenvalue weighted by atomic mass is 32.2. The Hall–Kier alpha value is -1.53. The van der Waals surface area contributed by atoms with Gasteiger partial charge < -0.3 is 9.84 Å². The second kappa shape index (κ2) is 7.31. The van der Waals surface area contributed by atoms with Crippen LogP contribution in [0.25, 0.3) is 0 Å². The van der Waals surface area contributed by atoms with E-state index >= 15 is 0 Å². The zero-order valence-corrected chi connectivity index (χ0v) is 12.7. The van der Waals surface area contributed by atoms with Crippen LogP contribution in [0.3, 0.4) is 0 Å². The molecule has 0 spiro atoms. The lowest BCUT2D eigenvalue weighted by atomic mass is 10.2. The minimum absolute atomic E-state index is 0.0138. The van der Waals surface area contributed by atoms with E-state index in [1.807, 2.05) is 31.2 Å². The molecule has 20 heavy (non-hydrogen) atoms. The van der Waals surface area contributed by atoms with E-state index in [0.29, 0.717) is 12.3 Å². The van der Waals surface area contributed by atoms with Gasteiger partial charge in [0.25, 0.3) is 0 Å². The number of ether oxygens (including phenoxy) is 1. The first-order chi connectivity index (χ1) is 9.67. The van der Waals surface area contributed by atoms with Crippen molar-refractivity contribution in [2.75, 3.05) is 6.61 Å². The molecule has 2 rings (SSSR count). The number of benzene rings is 1. The van der Waals surface area contributed by atoms with Gasteiger partial charge in [-0.3, -0.25) is 4.79 Å². The van der Waals surface area contributed by atoms with E-state index < -0.39 is 5.97 Å². The van der Waals surface area contributed by atoms with Crippen LogP contribution in [0.2, 0.25) is 0 Å². The first-order valence-corrected chi connectivity index (χ1v) is 8.04. The number of hydrogen-bond acceptors (Lipinski definition) is 5. The predicted molar refractivity (Wildman–Crippen MR) is 80.6 cm³/mol. The molecule has 0 unspecified atom stereocenters. The second-order valence-electron chi connectivity index (χ2n) is 4.04. The zero-order chi connectivity index (χ0) is 14.4. The topological polar surface area (TPSA) is 59.4 Å². The summed E-state index contributed by atoms with van der Waals surface area (Å²) in [6.07, 6.45) is -0.0138. The third-order valence-electron chi connectivity index (χ3n) is 2.46. The van der Waals surface area contributed by atoms with Crippen LogP contribution in [0.1, 0.15) is 18.2 Å². The van der Waals surface area contributed by atoms with Gasteiger partial charge in [0, 0.05) is 11.1 Å². The average Bonchev–Trinajstić information content (AvgIpc) is 2.85. The summed E-state index contributed by atoms with van der Waals surface area (Å²) in [6.45, 7) is 2.63. The third-order valence-corrected chi connectivity index (χ3v) is 4.60. The Morgan fingerprint density at radius 3 is 2.80 bits per heavy atom. The van der Waals surface area contributed by atoms with Crippen molar-refractivity contribution in [2.24, 2.45) is 0 Å². The van der Waals surface area contributed by atoms with E-state index in [1.54, 1.807) is 17.1 Å². The summed E-state index contributed by atoms with van der Waals surface area (Å²) in [6, 6.07) is 7.97. The molecule has 0 atom stereocenters. The summed E-state index contributed by atoms with van der Waals surface area (Å²) in [4.78, 5) is 14.9. The van der Waals surface area contributed by atoms with Gasteiger partial charge in [0.15, 0.2) is 0 Å². The number of thiazole rings is 1. The number of rotatable bonds is 7. The van der Waals surface area contributed by atoms with Crippen LogP contribution < -0.4 is 4.74 Å². The van der Waals surface area contributed by atoms with Gasteiger partial charge in [0.05, 0.1) is 18.7 Å². The monoisotopic (exact) mass is 309 g/mol. The predicted octanol–water partition coefficient (Wildman–Crippen LogP) is 3.46. The molecular weight excluding hydrogens is 294 g/mol. The van der Waals surface area contributed by atoms with Crippen LogP contribution in [0.4, 0.5) is 0 Å². The minimum Gasteiger partial charge on any atom is -0.494 e. The Morgan fingerprint density at radius 1 is 1.40 bits per heavy atom. The fourth-order valence-electron chi connectivity index (χ4n) is 1.58. The molecule has 0 fully saturated rings. The lowest BCUT2D eigenvalue weighted by molar-refractivity contribution is -0.136. The molecule has 4 nitrogen and oxygen atoms in total. The Bertz CT molecular complexity index is 566. The molecule has 1 N–H and O–H groups in total. The van der Waals surface area contributed by atoms with Crippen LogP contribution in [-0.2, 0) is 17.0 Å². The van der Waals surface area contributed by atoms with Gasteiger partial charge in [-0.15, -0.1) is 11.3 Å². The molecule has 0 amide bonds. The minimum atomic E-state index is -0.849. The third kappa shape index (κ3) is 4.54.